The molecule has 192 valence electrons. The summed E-state index contributed by atoms with van der Waals surface area (Å²) in [7, 11) is 3.40. The number of hydrogen-bond donors (Lipinski definition) is 2. The second kappa shape index (κ2) is 11.8. The van der Waals surface area contributed by atoms with Crippen molar-refractivity contribution in [3.8, 4) is 11.5 Å². The molecular formula is C27H34ClN5O3. The van der Waals surface area contributed by atoms with Crippen LogP contribution in [0.5, 0.6) is 11.5 Å². The first kappa shape index (κ1) is 26.0. The van der Waals surface area contributed by atoms with Gasteiger partial charge in [0.1, 0.15) is 12.1 Å². The van der Waals surface area contributed by atoms with E-state index in [9.17, 15) is 9.90 Å². The molecule has 8 nitrogen and oxygen atoms in total. The number of carbonyl (C=O) groups excluding carboxylic acids is 1. The normalized spacial score (nSPS) is 17.0. The smallest absolute Gasteiger partial charge is 0.236 e. The van der Waals surface area contributed by atoms with E-state index in [1.54, 1.807) is 12.1 Å². The average molecular weight is 512 g/mol. The second-order valence-electron chi connectivity index (χ2n) is 9.38. The number of nitrogens with zero attached hydrogens (tertiary/aromatic N) is 4. The maximum absolute atomic E-state index is 11.5. The van der Waals surface area contributed by atoms with Crippen LogP contribution in [0.4, 0.5) is 11.5 Å². The molecule has 9 heteroatoms. The number of hydrogen-bond acceptors (Lipinski definition) is 7. The van der Waals surface area contributed by atoms with Gasteiger partial charge < -0.3 is 20.1 Å². The number of phenols is 1. The summed E-state index contributed by atoms with van der Waals surface area (Å²) in [6.45, 7) is 4.57. The number of phenolic OH excluding ortho intramolecular Hbond substituents is 1. The highest BCUT2D eigenvalue weighted by Gasteiger charge is 2.27. The molecule has 1 amide bonds. The minimum Gasteiger partial charge on any atom is -0.504 e. The van der Waals surface area contributed by atoms with E-state index in [0.29, 0.717) is 46.0 Å². The molecule has 0 unspecified atom stereocenters. The van der Waals surface area contributed by atoms with E-state index in [1.807, 2.05) is 37.1 Å². The topological polar surface area (TPSA) is 90.8 Å². The molecule has 36 heavy (non-hydrogen) atoms. The predicted molar refractivity (Wildman–Crippen MR) is 143 cm³/mol. The first-order valence-electron chi connectivity index (χ1n) is 12.4. The number of anilines is 2. The van der Waals surface area contributed by atoms with Crippen molar-refractivity contribution >= 4 is 39.9 Å². The quantitative estimate of drug-likeness (QED) is 0.501. The molecule has 1 aromatic heterocycles. The maximum atomic E-state index is 11.5. The Bertz CT molecular complexity index is 1220. The van der Waals surface area contributed by atoms with E-state index in [1.165, 1.54) is 45.5 Å². The van der Waals surface area contributed by atoms with Gasteiger partial charge in [-0.1, -0.05) is 36.9 Å². The van der Waals surface area contributed by atoms with Crippen molar-refractivity contribution in [2.45, 2.75) is 45.1 Å². The van der Waals surface area contributed by atoms with Crippen LogP contribution in [0.15, 0.2) is 36.7 Å². The number of aromatic nitrogens is 2. The highest BCUT2D eigenvalue weighted by Crippen LogP contribution is 2.34. The van der Waals surface area contributed by atoms with Gasteiger partial charge in [-0.15, -0.1) is 0 Å². The third-order valence-corrected chi connectivity index (χ3v) is 7.44. The van der Waals surface area contributed by atoms with E-state index in [0.717, 1.165) is 24.3 Å². The number of aromatic hydroxyl groups is 1. The first-order chi connectivity index (χ1) is 17.4. The number of methoxy groups -OCH3 is 1. The lowest BCUT2D eigenvalue weighted by Crippen LogP contribution is -2.52. The van der Waals surface area contributed by atoms with E-state index >= 15 is 0 Å². The molecule has 1 saturated heterocycles. The molecule has 2 aromatic carbocycles. The Morgan fingerprint density at radius 2 is 1.92 bits per heavy atom. The monoisotopic (exact) mass is 511 g/mol. The van der Waals surface area contributed by atoms with Crippen LogP contribution in [-0.2, 0) is 4.79 Å². The Hall–Kier alpha value is -3.10. The lowest BCUT2D eigenvalue weighted by molar-refractivity contribution is -0.135. The van der Waals surface area contributed by atoms with Gasteiger partial charge in [0.05, 0.1) is 19.2 Å². The summed E-state index contributed by atoms with van der Waals surface area (Å²) in [6.07, 6.45) is 8.16. The van der Waals surface area contributed by atoms with Crippen LogP contribution < -0.4 is 10.1 Å². The predicted octanol–water partition coefficient (Wildman–Crippen LogP) is 5.14. The van der Waals surface area contributed by atoms with Gasteiger partial charge in [0.2, 0.25) is 5.91 Å². The van der Waals surface area contributed by atoms with Crippen LogP contribution in [0.3, 0.4) is 0 Å². The SMILES string of the molecule is CN1CCN(C2CCCCC2)CC1=O.COc1cc2ncnc(Nc3cccc(Cl)c3C)c2cc1O. The Morgan fingerprint density at radius 1 is 1.14 bits per heavy atom. The van der Waals surface area contributed by atoms with E-state index in [-0.39, 0.29) is 5.75 Å². The van der Waals surface area contributed by atoms with Crippen LogP contribution in [0, 0.1) is 6.92 Å². The largest absolute Gasteiger partial charge is 0.504 e. The van der Waals surface area contributed by atoms with Crippen molar-refractivity contribution in [1.29, 1.82) is 0 Å². The van der Waals surface area contributed by atoms with Crippen molar-refractivity contribution in [2.75, 3.05) is 39.1 Å². The van der Waals surface area contributed by atoms with Gasteiger partial charge in [-0.05, 0) is 43.5 Å². The van der Waals surface area contributed by atoms with Crippen molar-refractivity contribution in [3.63, 3.8) is 0 Å². The number of amides is 1. The zero-order valence-electron chi connectivity index (χ0n) is 21.1. The highest BCUT2D eigenvalue weighted by molar-refractivity contribution is 6.31. The number of rotatable bonds is 4. The lowest BCUT2D eigenvalue weighted by Gasteiger charge is -2.39. The summed E-state index contributed by atoms with van der Waals surface area (Å²) in [5.41, 5.74) is 2.45. The Morgan fingerprint density at radius 3 is 2.64 bits per heavy atom. The van der Waals surface area contributed by atoms with Crippen molar-refractivity contribution in [1.82, 2.24) is 19.8 Å². The summed E-state index contributed by atoms with van der Waals surface area (Å²) < 4.78 is 5.10. The Labute approximate surface area is 217 Å². The molecule has 1 saturated carbocycles. The fourth-order valence-electron chi connectivity index (χ4n) is 4.74. The second-order valence-corrected chi connectivity index (χ2v) is 9.79. The van der Waals surface area contributed by atoms with E-state index in [2.05, 4.69) is 20.2 Å². The molecule has 0 bridgehead atoms. The number of piperazine rings is 1. The van der Waals surface area contributed by atoms with Crippen LogP contribution in [0.1, 0.15) is 37.7 Å². The highest BCUT2D eigenvalue weighted by atomic mass is 35.5. The van der Waals surface area contributed by atoms with Gasteiger partial charge in [-0.25, -0.2) is 9.97 Å². The van der Waals surface area contributed by atoms with Crippen LogP contribution in [0.25, 0.3) is 10.9 Å². The molecule has 3 aromatic rings. The van der Waals surface area contributed by atoms with Crippen molar-refractivity contribution in [2.24, 2.45) is 0 Å². The molecule has 1 aliphatic carbocycles. The molecule has 2 fully saturated rings. The summed E-state index contributed by atoms with van der Waals surface area (Å²) >= 11 is 6.13. The number of nitrogens with one attached hydrogen (secondary N) is 1. The molecule has 0 atom stereocenters. The van der Waals surface area contributed by atoms with Gasteiger partial charge in [0.15, 0.2) is 11.5 Å². The van der Waals surface area contributed by atoms with Gasteiger partial charge in [-0.2, -0.15) is 0 Å². The fraction of sp³-hybridized carbons (Fsp3) is 0.444. The van der Waals surface area contributed by atoms with Crippen LogP contribution in [-0.4, -0.2) is 70.6 Å². The third-order valence-electron chi connectivity index (χ3n) is 7.03. The summed E-state index contributed by atoms with van der Waals surface area (Å²) in [5, 5.41) is 14.6. The summed E-state index contributed by atoms with van der Waals surface area (Å²) in [5.74, 6) is 1.29. The molecule has 0 spiro atoms. The molecule has 0 radical (unpaired) electrons. The number of benzene rings is 2. The zero-order chi connectivity index (χ0) is 25.7. The third kappa shape index (κ3) is 5.99. The average Bonchev–Trinajstić information content (AvgIpc) is 2.89. The molecule has 2 heterocycles. The number of likely N-dealkylation sites (N-methyl/N-ethyl adjacent to an activating group) is 1. The minimum atomic E-state index is 0.0377. The number of fused-ring (bicyclic) bond motifs is 1. The van der Waals surface area contributed by atoms with Crippen molar-refractivity contribution < 1.29 is 14.6 Å². The van der Waals surface area contributed by atoms with Crippen molar-refractivity contribution in [3.05, 3.63) is 47.2 Å². The molecule has 2 aliphatic rings. The zero-order valence-corrected chi connectivity index (χ0v) is 21.9. The van der Waals surface area contributed by atoms with Gasteiger partial charge in [-0.3, -0.25) is 9.69 Å². The van der Waals surface area contributed by atoms with Crippen LogP contribution in [0.2, 0.25) is 5.02 Å². The van der Waals surface area contributed by atoms with E-state index in [4.69, 9.17) is 16.3 Å². The molecular weight excluding hydrogens is 478 g/mol. The number of halogens is 1. The molecule has 2 N–H and O–H groups in total. The summed E-state index contributed by atoms with van der Waals surface area (Å²) in [4.78, 5) is 24.2. The van der Waals surface area contributed by atoms with Crippen LogP contribution >= 0.6 is 11.6 Å². The number of ether oxygens (including phenoxy) is 1. The number of carbonyl (C=O) groups is 1. The Kier molecular flexibility index (Phi) is 8.48. The fourth-order valence-corrected chi connectivity index (χ4v) is 4.92. The standard InChI is InChI=1S/C16H14ClN3O2.C11H20N2O/c1-9-11(17)4-3-5-12(9)20-16-10-6-14(21)15(22-2)7-13(10)18-8-19-16;1-12-7-8-13(9-11(12)14)10-5-3-2-4-6-10/h3-8,21H,1-2H3,(H,18,19,20);10H,2-9H2,1H3. The minimum absolute atomic E-state index is 0.0377. The molecule has 5 rings (SSSR count). The first-order valence-corrected chi connectivity index (χ1v) is 12.8. The van der Waals surface area contributed by atoms with Gasteiger partial charge in [0, 0.05) is 48.3 Å². The Balaban J connectivity index is 0.000000187. The maximum Gasteiger partial charge on any atom is 0.236 e. The lowest BCUT2D eigenvalue weighted by atomic mass is 9.94. The summed E-state index contributed by atoms with van der Waals surface area (Å²) in [6, 6.07) is 9.55. The van der Waals surface area contributed by atoms with Gasteiger partial charge in [0.25, 0.3) is 0 Å². The van der Waals surface area contributed by atoms with Gasteiger partial charge >= 0.3 is 0 Å². The molecule has 1 aliphatic heterocycles. The van der Waals surface area contributed by atoms with E-state index < -0.39 is 0 Å².